The lowest BCUT2D eigenvalue weighted by atomic mass is 10.2. The number of carbonyl (C=O) groups is 1. The minimum Gasteiger partial charge on any atom is -0.477 e. The molecule has 1 aromatic carbocycles. The maximum absolute atomic E-state index is 13.5. The first-order valence-electron chi connectivity index (χ1n) is 5.56. The highest BCUT2D eigenvalue weighted by Crippen LogP contribution is 2.24. The van der Waals surface area contributed by atoms with Crippen LogP contribution in [0.3, 0.4) is 0 Å². The Morgan fingerprint density at radius 3 is 3.06 bits per heavy atom. The monoisotopic (exact) mass is 301 g/mol. The molecule has 1 fully saturated rings. The van der Waals surface area contributed by atoms with Gasteiger partial charge in [-0.25, -0.2) is 4.39 Å². The second kappa shape index (κ2) is 5.49. The Morgan fingerprint density at radius 2 is 2.24 bits per heavy atom. The molecule has 0 saturated carbocycles. The fraction of sp³-hybridized carbons (Fsp3) is 0.417. The molecule has 1 atom stereocenters. The maximum Gasteiger partial charge on any atom is 0.261 e. The number of carbonyl (C=O) groups excluding carboxylic acids is 1. The van der Waals surface area contributed by atoms with E-state index in [2.05, 4.69) is 21.2 Å². The molecule has 1 saturated heterocycles. The first kappa shape index (κ1) is 12.4. The summed E-state index contributed by atoms with van der Waals surface area (Å²) < 4.78 is 19.6. The van der Waals surface area contributed by atoms with Gasteiger partial charge in [-0.15, -0.1) is 0 Å². The lowest BCUT2D eigenvalue weighted by Crippen LogP contribution is -2.36. The van der Waals surface area contributed by atoms with E-state index < -0.39 is 11.9 Å². The zero-order valence-electron chi connectivity index (χ0n) is 9.21. The standard InChI is InChI=1S/C12H13BrFNO2/c13-8-4-5-9(14)11(7-8)17-10-3-1-2-6-15-12(10)16/h4-5,7,10H,1-3,6H2,(H,15,16). The van der Waals surface area contributed by atoms with E-state index in [0.29, 0.717) is 13.0 Å². The molecule has 1 aliphatic heterocycles. The number of rotatable bonds is 2. The molecule has 0 radical (unpaired) electrons. The molecule has 1 amide bonds. The van der Waals surface area contributed by atoms with E-state index in [0.717, 1.165) is 17.3 Å². The van der Waals surface area contributed by atoms with Gasteiger partial charge in [-0.05, 0) is 37.5 Å². The molecule has 0 spiro atoms. The van der Waals surface area contributed by atoms with Crippen LogP contribution in [0, 0.1) is 5.82 Å². The number of amides is 1. The molecular weight excluding hydrogens is 289 g/mol. The predicted molar refractivity (Wildman–Crippen MR) is 65.4 cm³/mol. The summed E-state index contributed by atoms with van der Waals surface area (Å²) in [4.78, 5) is 11.6. The maximum atomic E-state index is 13.5. The minimum absolute atomic E-state index is 0.112. The summed E-state index contributed by atoms with van der Waals surface area (Å²) in [6.45, 7) is 0.666. The fourth-order valence-electron chi connectivity index (χ4n) is 1.74. The third-order valence-electron chi connectivity index (χ3n) is 2.65. The average Bonchev–Trinajstić information content (AvgIpc) is 2.50. The third kappa shape index (κ3) is 3.19. The van der Waals surface area contributed by atoms with E-state index in [1.54, 1.807) is 6.07 Å². The van der Waals surface area contributed by atoms with Gasteiger partial charge in [-0.2, -0.15) is 0 Å². The summed E-state index contributed by atoms with van der Waals surface area (Å²) in [5.74, 6) is -0.506. The number of hydrogen-bond acceptors (Lipinski definition) is 2. The highest BCUT2D eigenvalue weighted by atomic mass is 79.9. The van der Waals surface area contributed by atoms with Crippen molar-refractivity contribution in [2.24, 2.45) is 0 Å². The van der Waals surface area contributed by atoms with E-state index in [1.807, 2.05) is 0 Å². The van der Waals surface area contributed by atoms with Gasteiger partial charge in [0.25, 0.3) is 5.91 Å². The molecule has 1 aromatic rings. The van der Waals surface area contributed by atoms with Crippen molar-refractivity contribution in [1.29, 1.82) is 0 Å². The first-order valence-corrected chi connectivity index (χ1v) is 6.35. The van der Waals surface area contributed by atoms with E-state index in [1.165, 1.54) is 12.1 Å². The van der Waals surface area contributed by atoms with E-state index >= 15 is 0 Å². The summed E-state index contributed by atoms with van der Waals surface area (Å²) in [7, 11) is 0. The van der Waals surface area contributed by atoms with Crippen LogP contribution in [0.2, 0.25) is 0 Å². The Morgan fingerprint density at radius 1 is 1.41 bits per heavy atom. The van der Waals surface area contributed by atoms with Gasteiger partial charge in [0.05, 0.1) is 0 Å². The molecule has 3 nitrogen and oxygen atoms in total. The van der Waals surface area contributed by atoms with Crippen molar-refractivity contribution >= 4 is 21.8 Å². The van der Waals surface area contributed by atoms with Crippen LogP contribution in [0.15, 0.2) is 22.7 Å². The molecule has 2 rings (SSSR count). The highest BCUT2D eigenvalue weighted by Gasteiger charge is 2.23. The Balaban J connectivity index is 2.13. The summed E-state index contributed by atoms with van der Waals surface area (Å²) in [5, 5.41) is 2.75. The molecule has 1 N–H and O–H groups in total. The minimum atomic E-state index is -0.596. The Labute approximate surface area is 107 Å². The molecular formula is C12H13BrFNO2. The van der Waals surface area contributed by atoms with Crippen LogP contribution in [-0.4, -0.2) is 18.6 Å². The van der Waals surface area contributed by atoms with Crippen molar-refractivity contribution in [2.45, 2.75) is 25.4 Å². The zero-order chi connectivity index (χ0) is 12.3. The lowest BCUT2D eigenvalue weighted by molar-refractivity contribution is -0.127. The van der Waals surface area contributed by atoms with E-state index in [4.69, 9.17) is 4.74 Å². The Bertz CT molecular complexity index is 425. The van der Waals surface area contributed by atoms with Crippen LogP contribution in [0.1, 0.15) is 19.3 Å². The summed E-state index contributed by atoms with van der Waals surface area (Å²) in [5.41, 5.74) is 0. The number of ether oxygens (including phenoxy) is 1. The predicted octanol–water partition coefficient (Wildman–Crippen LogP) is 2.64. The van der Waals surface area contributed by atoms with Crippen LogP contribution in [0.25, 0.3) is 0 Å². The third-order valence-corrected chi connectivity index (χ3v) is 3.14. The lowest BCUT2D eigenvalue weighted by Gasteiger charge is -2.16. The second-order valence-corrected chi connectivity index (χ2v) is 4.88. The van der Waals surface area contributed by atoms with Crippen LogP contribution in [0.5, 0.6) is 5.75 Å². The van der Waals surface area contributed by atoms with Crippen molar-refractivity contribution in [3.05, 3.63) is 28.5 Å². The molecule has 0 bridgehead atoms. The van der Waals surface area contributed by atoms with Crippen LogP contribution in [0.4, 0.5) is 4.39 Å². The van der Waals surface area contributed by atoms with Gasteiger partial charge in [0.15, 0.2) is 17.7 Å². The van der Waals surface area contributed by atoms with Gasteiger partial charge in [0, 0.05) is 11.0 Å². The van der Waals surface area contributed by atoms with Gasteiger partial charge >= 0.3 is 0 Å². The molecule has 17 heavy (non-hydrogen) atoms. The zero-order valence-corrected chi connectivity index (χ0v) is 10.8. The molecule has 5 heteroatoms. The van der Waals surface area contributed by atoms with Crippen molar-refractivity contribution in [2.75, 3.05) is 6.54 Å². The SMILES string of the molecule is O=C1NCCCCC1Oc1cc(Br)ccc1F. The molecule has 1 unspecified atom stereocenters. The van der Waals surface area contributed by atoms with Crippen molar-refractivity contribution in [1.82, 2.24) is 5.32 Å². The molecule has 0 aliphatic carbocycles. The van der Waals surface area contributed by atoms with Crippen molar-refractivity contribution in [3.63, 3.8) is 0 Å². The average molecular weight is 302 g/mol. The molecule has 0 aromatic heterocycles. The summed E-state index contributed by atoms with van der Waals surface area (Å²) >= 11 is 3.24. The highest BCUT2D eigenvalue weighted by molar-refractivity contribution is 9.10. The smallest absolute Gasteiger partial charge is 0.261 e. The van der Waals surface area contributed by atoms with Crippen LogP contribution >= 0.6 is 15.9 Å². The molecule has 1 aliphatic rings. The van der Waals surface area contributed by atoms with Gasteiger partial charge in [-0.1, -0.05) is 15.9 Å². The van der Waals surface area contributed by atoms with Gasteiger partial charge in [-0.3, -0.25) is 4.79 Å². The van der Waals surface area contributed by atoms with E-state index in [9.17, 15) is 9.18 Å². The Kier molecular flexibility index (Phi) is 3.99. The number of halogens is 2. The van der Waals surface area contributed by atoms with Gasteiger partial charge in [0.1, 0.15) is 0 Å². The van der Waals surface area contributed by atoms with Crippen LogP contribution in [-0.2, 0) is 4.79 Å². The number of hydrogen-bond donors (Lipinski definition) is 1. The van der Waals surface area contributed by atoms with Gasteiger partial charge in [0.2, 0.25) is 0 Å². The van der Waals surface area contributed by atoms with Crippen molar-refractivity contribution < 1.29 is 13.9 Å². The quantitative estimate of drug-likeness (QED) is 0.912. The van der Waals surface area contributed by atoms with E-state index in [-0.39, 0.29) is 11.7 Å². The second-order valence-electron chi connectivity index (χ2n) is 3.97. The topological polar surface area (TPSA) is 38.3 Å². The first-order chi connectivity index (χ1) is 8.16. The Hall–Kier alpha value is -1.10. The normalized spacial score (nSPS) is 20.6. The largest absolute Gasteiger partial charge is 0.477 e. The van der Waals surface area contributed by atoms with Gasteiger partial charge < -0.3 is 10.1 Å². The molecule has 92 valence electrons. The van der Waals surface area contributed by atoms with Crippen molar-refractivity contribution in [3.8, 4) is 5.75 Å². The van der Waals surface area contributed by atoms with Crippen LogP contribution < -0.4 is 10.1 Å². The summed E-state index contributed by atoms with van der Waals surface area (Å²) in [6.07, 6.45) is 1.87. The number of nitrogens with one attached hydrogen (secondary N) is 1. The molecule has 1 heterocycles. The fourth-order valence-corrected chi connectivity index (χ4v) is 2.08. The summed E-state index contributed by atoms with van der Waals surface area (Å²) in [6, 6.07) is 4.44. The number of benzene rings is 1.